The summed E-state index contributed by atoms with van der Waals surface area (Å²) in [5, 5.41) is 9.85. The molecule has 1 fully saturated rings. The third-order valence-corrected chi connectivity index (χ3v) is 3.71. The zero-order chi connectivity index (χ0) is 11.4. The van der Waals surface area contributed by atoms with E-state index in [-0.39, 0.29) is 6.10 Å². The summed E-state index contributed by atoms with van der Waals surface area (Å²) in [7, 11) is 0. The van der Waals surface area contributed by atoms with Gasteiger partial charge in [0.05, 0.1) is 6.10 Å². The van der Waals surface area contributed by atoms with Gasteiger partial charge in [-0.2, -0.15) is 0 Å². The lowest BCUT2D eigenvalue weighted by Gasteiger charge is -2.15. The second-order valence-electron chi connectivity index (χ2n) is 4.95. The highest BCUT2D eigenvalue weighted by Crippen LogP contribution is 2.34. The molecule has 1 aliphatic carbocycles. The molecule has 0 bridgehead atoms. The summed E-state index contributed by atoms with van der Waals surface area (Å²) < 4.78 is 0. The van der Waals surface area contributed by atoms with Crippen LogP contribution in [0.1, 0.15) is 56.1 Å². The molecule has 88 valence electrons. The molecule has 16 heavy (non-hydrogen) atoms. The average Bonchev–Trinajstić information content (AvgIpc) is 2.74. The lowest BCUT2D eigenvalue weighted by molar-refractivity contribution is 0.164. The molecule has 0 spiro atoms. The number of rotatable bonds is 4. The number of aliphatic hydroxyl groups is 1. The van der Waals surface area contributed by atoms with Crippen molar-refractivity contribution in [2.24, 2.45) is 0 Å². The summed E-state index contributed by atoms with van der Waals surface area (Å²) in [5.41, 5.74) is 2.75. The molecular weight excluding hydrogens is 196 g/mol. The Morgan fingerprint density at radius 1 is 1.19 bits per heavy atom. The van der Waals surface area contributed by atoms with Gasteiger partial charge >= 0.3 is 0 Å². The van der Waals surface area contributed by atoms with E-state index in [9.17, 15) is 5.11 Å². The maximum absolute atomic E-state index is 9.85. The Bertz CT molecular complexity index is 315. The highest BCUT2D eigenvalue weighted by atomic mass is 16.3. The zero-order valence-corrected chi connectivity index (χ0v) is 10.2. The van der Waals surface area contributed by atoms with Gasteiger partial charge in [0.2, 0.25) is 0 Å². The minimum atomic E-state index is -0.110. The highest BCUT2D eigenvalue weighted by Gasteiger charge is 2.26. The summed E-state index contributed by atoms with van der Waals surface area (Å²) in [5.74, 6) is 0.389. The molecule has 1 N–H and O–H groups in total. The summed E-state index contributed by atoms with van der Waals surface area (Å²) in [4.78, 5) is 0. The van der Waals surface area contributed by atoms with Crippen molar-refractivity contribution < 1.29 is 5.11 Å². The van der Waals surface area contributed by atoms with Crippen molar-refractivity contribution >= 4 is 0 Å². The van der Waals surface area contributed by atoms with Crippen molar-refractivity contribution in [1.82, 2.24) is 0 Å². The predicted molar refractivity (Wildman–Crippen MR) is 67.7 cm³/mol. The molecule has 2 atom stereocenters. The molecule has 0 heterocycles. The second-order valence-corrected chi connectivity index (χ2v) is 4.95. The molecule has 0 unspecified atom stereocenters. The molecule has 1 heteroatoms. The number of aliphatic hydroxyl groups excluding tert-OH is 1. The molecule has 1 nitrogen and oxygen atoms in total. The topological polar surface area (TPSA) is 20.2 Å². The summed E-state index contributed by atoms with van der Waals surface area (Å²) in [6, 6.07) is 8.89. The number of hydrogen-bond donors (Lipinski definition) is 1. The first-order valence-electron chi connectivity index (χ1n) is 6.58. The van der Waals surface area contributed by atoms with Crippen LogP contribution in [0.2, 0.25) is 0 Å². The Labute approximate surface area is 98.5 Å². The minimum absolute atomic E-state index is 0.110. The molecule has 0 saturated heterocycles. The smallest absolute Gasteiger partial charge is 0.0608 e. The zero-order valence-electron chi connectivity index (χ0n) is 10.2. The Hall–Kier alpha value is -0.820. The minimum Gasteiger partial charge on any atom is -0.392 e. The first-order chi connectivity index (χ1) is 7.81. The normalized spacial score (nSPS) is 24.9. The van der Waals surface area contributed by atoms with Crippen LogP contribution >= 0.6 is 0 Å². The van der Waals surface area contributed by atoms with E-state index in [0.29, 0.717) is 5.92 Å². The number of aryl methyl sites for hydroxylation is 1. The van der Waals surface area contributed by atoms with Crippen molar-refractivity contribution in [3.8, 4) is 0 Å². The number of unbranched alkanes of at least 4 members (excludes halogenated alkanes) is 1. The van der Waals surface area contributed by atoms with Gasteiger partial charge in [-0.1, -0.05) is 44.0 Å². The fourth-order valence-electron chi connectivity index (χ4n) is 2.64. The van der Waals surface area contributed by atoms with Crippen LogP contribution in [-0.4, -0.2) is 11.2 Å². The molecule has 1 aromatic rings. The number of hydrogen-bond acceptors (Lipinski definition) is 1. The maximum atomic E-state index is 9.85. The third kappa shape index (κ3) is 2.65. The van der Waals surface area contributed by atoms with Crippen LogP contribution in [0.15, 0.2) is 24.3 Å². The van der Waals surface area contributed by atoms with Gasteiger partial charge in [0.1, 0.15) is 0 Å². The monoisotopic (exact) mass is 218 g/mol. The SMILES string of the molecule is CCCCc1ccc([C@H]2CCC[C@H]2O)cc1. The molecule has 0 aliphatic heterocycles. The first kappa shape index (κ1) is 11.7. The van der Waals surface area contributed by atoms with E-state index >= 15 is 0 Å². The van der Waals surface area contributed by atoms with E-state index in [1.807, 2.05) is 0 Å². The summed E-state index contributed by atoms with van der Waals surface area (Å²) in [6.07, 6.45) is 6.89. The first-order valence-corrected chi connectivity index (χ1v) is 6.58. The Kier molecular flexibility index (Phi) is 4.00. The van der Waals surface area contributed by atoms with E-state index in [1.165, 1.54) is 36.8 Å². The van der Waals surface area contributed by atoms with Gasteiger partial charge in [-0.3, -0.25) is 0 Å². The standard InChI is InChI=1S/C15H22O/c1-2-3-5-12-8-10-13(11-9-12)14-6-4-7-15(14)16/h8-11,14-16H,2-7H2,1H3/t14-,15-/m1/s1. The van der Waals surface area contributed by atoms with Crippen molar-refractivity contribution in [2.45, 2.75) is 57.5 Å². The Balaban J connectivity index is 2.01. The fourth-order valence-corrected chi connectivity index (χ4v) is 2.64. The van der Waals surface area contributed by atoms with Crippen molar-refractivity contribution in [3.05, 3.63) is 35.4 Å². The molecule has 1 aliphatic rings. The van der Waals surface area contributed by atoms with Crippen molar-refractivity contribution in [1.29, 1.82) is 0 Å². The van der Waals surface area contributed by atoms with Crippen molar-refractivity contribution in [3.63, 3.8) is 0 Å². The average molecular weight is 218 g/mol. The highest BCUT2D eigenvalue weighted by molar-refractivity contribution is 5.27. The summed E-state index contributed by atoms with van der Waals surface area (Å²) >= 11 is 0. The Morgan fingerprint density at radius 3 is 2.50 bits per heavy atom. The van der Waals surface area contributed by atoms with Crippen LogP contribution < -0.4 is 0 Å². The van der Waals surface area contributed by atoms with Crippen LogP contribution in [0.5, 0.6) is 0 Å². The maximum Gasteiger partial charge on any atom is 0.0608 e. The van der Waals surface area contributed by atoms with E-state index in [0.717, 1.165) is 12.8 Å². The molecule has 1 saturated carbocycles. The van der Waals surface area contributed by atoms with Crippen LogP contribution in [0.25, 0.3) is 0 Å². The van der Waals surface area contributed by atoms with E-state index in [2.05, 4.69) is 31.2 Å². The largest absolute Gasteiger partial charge is 0.392 e. The molecule has 2 rings (SSSR count). The Morgan fingerprint density at radius 2 is 1.94 bits per heavy atom. The van der Waals surface area contributed by atoms with Gasteiger partial charge in [0.25, 0.3) is 0 Å². The van der Waals surface area contributed by atoms with Crippen LogP contribution in [0.4, 0.5) is 0 Å². The van der Waals surface area contributed by atoms with Crippen LogP contribution in [-0.2, 0) is 6.42 Å². The third-order valence-electron chi connectivity index (χ3n) is 3.71. The van der Waals surface area contributed by atoms with E-state index < -0.39 is 0 Å². The van der Waals surface area contributed by atoms with Gasteiger partial charge < -0.3 is 5.11 Å². The molecule has 0 aromatic heterocycles. The lowest BCUT2D eigenvalue weighted by Crippen LogP contribution is -2.10. The van der Waals surface area contributed by atoms with E-state index in [4.69, 9.17) is 0 Å². The van der Waals surface area contributed by atoms with E-state index in [1.54, 1.807) is 0 Å². The van der Waals surface area contributed by atoms with Gasteiger partial charge in [-0.15, -0.1) is 0 Å². The van der Waals surface area contributed by atoms with Crippen LogP contribution in [0, 0.1) is 0 Å². The predicted octanol–water partition coefficient (Wildman–Crippen LogP) is 3.66. The number of benzene rings is 1. The van der Waals surface area contributed by atoms with Gasteiger partial charge in [0.15, 0.2) is 0 Å². The van der Waals surface area contributed by atoms with Gasteiger partial charge in [-0.05, 0) is 36.8 Å². The molecule has 1 aromatic carbocycles. The van der Waals surface area contributed by atoms with Crippen molar-refractivity contribution in [2.75, 3.05) is 0 Å². The quantitative estimate of drug-likeness (QED) is 0.817. The second kappa shape index (κ2) is 5.49. The fraction of sp³-hybridized carbons (Fsp3) is 0.600. The molecule has 0 radical (unpaired) electrons. The molecule has 0 amide bonds. The van der Waals surface area contributed by atoms with Gasteiger partial charge in [-0.25, -0.2) is 0 Å². The van der Waals surface area contributed by atoms with Gasteiger partial charge in [0, 0.05) is 5.92 Å². The molecular formula is C15H22O. The van der Waals surface area contributed by atoms with Crippen LogP contribution in [0.3, 0.4) is 0 Å². The summed E-state index contributed by atoms with van der Waals surface area (Å²) in [6.45, 7) is 2.23. The lowest BCUT2D eigenvalue weighted by atomic mass is 9.94.